The maximum atomic E-state index is 4.13. The number of aromatic nitrogens is 4. The topological polar surface area (TPSA) is 58.5 Å². The normalized spacial score (nSPS) is 12.9. The second kappa shape index (κ2) is 6.10. The smallest absolute Gasteiger partial charge is 0.137 e. The molecule has 3 rings (SSSR count). The van der Waals surface area contributed by atoms with Gasteiger partial charge in [0.1, 0.15) is 12.7 Å². The van der Waals surface area contributed by atoms with Crippen molar-refractivity contribution in [2.24, 2.45) is 0 Å². The molecule has 1 aromatic carbocycles. The van der Waals surface area contributed by atoms with Crippen molar-refractivity contribution < 1.29 is 0 Å². The molecular weight excluding hydrogens is 262 g/mol. The number of aromatic amines is 1. The van der Waals surface area contributed by atoms with Crippen LogP contribution in [0.5, 0.6) is 0 Å². The molecule has 110 valence electrons. The van der Waals surface area contributed by atoms with E-state index in [-0.39, 0.29) is 0 Å². The summed E-state index contributed by atoms with van der Waals surface area (Å²) < 4.78 is 1.85. The van der Waals surface area contributed by atoms with Crippen LogP contribution >= 0.6 is 0 Å². The van der Waals surface area contributed by atoms with Gasteiger partial charge in [0, 0.05) is 23.1 Å². The Kier molecular flexibility index (Phi) is 4.01. The first-order valence-electron chi connectivity index (χ1n) is 7.35. The highest BCUT2D eigenvalue weighted by atomic mass is 15.3. The second-order valence-corrected chi connectivity index (χ2v) is 5.53. The van der Waals surface area contributed by atoms with Gasteiger partial charge in [-0.05, 0) is 37.9 Å². The zero-order chi connectivity index (χ0) is 14.7. The monoisotopic (exact) mass is 283 g/mol. The van der Waals surface area contributed by atoms with E-state index in [9.17, 15) is 0 Å². The number of hydrogen-bond donors (Lipinski definition) is 2. The van der Waals surface area contributed by atoms with Gasteiger partial charge in [-0.1, -0.05) is 18.2 Å². The van der Waals surface area contributed by atoms with Gasteiger partial charge < -0.3 is 10.3 Å². The van der Waals surface area contributed by atoms with E-state index >= 15 is 0 Å². The summed E-state index contributed by atoms with van der Waals surface area (Å²) in [4.78, 5) is 7.34. The van der Waals surface area contributed by atoms with Crippen LogP contribution in [0.3, 0.4) is 0 Å². The number of nitrogens with zero attached hydrogens (tertiary/aromatic N) is 3. The van der Waals surface area contributed by atoms with E-state index in [0.29, 0.717) is 6.04 Å². The molecule has 2 N–H and O–H groups in total. The van der Waals surface area contributed by atoms with Crippen LogP contribution in [0.25, 0.3) is 10.9 Å². The summed E-state index contributed by atoms with van der Waals surface area (Å²) in [5.41, 5.74) is 3.92. The van der Waals surface area contributed by atoms with Gasteiger partial charge in [0.05, 0.1) is 6.54 Å². The van der Waals surface area contributed by atoms with Gasteiger partial charge in [0.15, 0.2) is 0 Å². The molecule has 3 aromatic rings. The van der Waals surface area contributed by atoms with Gasteiger partial charge in [-0.3, -0.25) is 4.68 Å². The van der Waals surface area contributed by atoms with Gasteiger partial charge in [-0.15, -0.1) is 0 Å². The zero-order valence-electron chi connectivity index (χ0n) is 12.5. The number of H-pyrrole nitrogens is 1. The van der Waals surface area contributed by atoms with Crippen molar-refractivity contribution in [2.45, 2.75) is 32.9 Å². The van der Waals surface area contributed by atoms with Crippen LogP contribution < -0.4 is 5.32 Å². The Balaban J connectivity index is 1.56. The first-order valence-corrected chi connectivity index (χ1v) is 7.35. The van der Waals surface area contributed by atoms with Crippen LogP contribution in [0.4, 0.5) is 0 Å². The fourth-order valence-corrected chi connectivity index (χ4v) is 2.70. The van der Waals surface area contributed by atoms with Crippen molar-refractivity contribution in [1.82, 2.24) is 25.1 Å². The van der Waals surface area contributed by atoms with Gasteiger partial charge in [-0.25, -0.2) is 4.98 Å². The predicted molar refractivity (Wildman–Crippen MR) is 84.2 cm³/mol. The van der Waals surface area contributed by atoms with Gasteiger partial charge >= 0.3 is 0 Å². The second-order valence-electron chi connectivity index (χ2n) is 5.53. The highest BCUT2D eigenvalue weighted by molar-refractivity contribution is 5.85. The van der Waals surface area contributed by atoms with Crippen LogP contribution in [0.15, 0.2) is 37.1 Å². The molecule has 0 spiro atoms. The summed E-state index contributed by atoms with van der Waals surface area (Å²) in [6.45, 7) is 6.10. The number of fused-ring (bicyclic) bond motifs is 1. The molecule has 0 bridgehead atoms. The Morgan fingerprint density at radius 2 is 2.29 bits per heavy atom. The summed E-state index contributed by atoms with van der Waals surface area (Å²) in [6, 6.07) is 6.82. The van der Waals surface area contributed by atoms with Crippen molar-refractivity contribution in [2.75, 3.05) is 6.54 Å². The standard InChI is InChI=1S/C16H21N5/c1-12-4-3-5-15-14(8-19-16(12)15)6-7-18-13(2)9-21-11-17-10-20-21/h3-5,8,10-11,13,18-19H,6-7,9H2,1-2H3/t13-/m0/s1. The van der Waals surface area contributed by atoms with Crippen LogP contribution in [-0.2, 0) is 13.0 Å². The summed E-state index contributed by atoms with van der Waals surface area (Å²) >= 11 is 0. The molecule has 0 saturated carbocycles. The van der Waals surface area contributed by atoms with Gasteiger partial charge in [0.25, 0.3) is 0 Å². The first-order chi connectivity index (χ1) is 10.2. The Labute approximate surface area is 124 Å². The van der Waals surface area contributed by atoms with E-state index in [4.69, 9.17) is 0 Å². The number of para-hydroxylation sites is 1. The molecule has 0 aliphatic heterocycles. The molecule has 2 aromatic heterocycles. The number of hydrogen-bond acceptors (Lipinski definition) is 3. The van der Waals surface area contributed by atoms with E-state index in [1.54, 1.807) is 12.7 Å². The third-order valence-electron chi connectivity index (χ3n) is 3.82. The van der Waals surface area contributed by atoms with Crippen LogP contribution in [0.1, 0.15) is 18.1 Å². The summed E-state index contributed by atoms with van der Waals surface area (Å²) in [5.74, 6) is 0. The Hall–Kier alpha value is -2.14. The van der Waals surface area contributed by atoms with E-state index in [1.165, 1.54) is 22.0 Å². The lowest BCUT2D eigenvalue weighted by Gasteiger charge is -2.13. The number of nitrogens with one attached hydrogen (secondary N) is 2. The quantitative estimate of drug-likeness (QED) is 0.729. The lowest BCUT2D eigenvalue weighted by Crippen LogP contribution is -2.32. The molecule has 0 fully saturated rings. The Morgan fingerprint density at radius 1 is 1.38 bits per heavy atom. The predicted octanol–water partition coefficient (Wildman–Crippen LogP) is 2.29. The fourth-order valence-electron chi connectivity index (χ4n) is 2.70. The molecule has 21 heavy (non-hydrogen) atoms. The maximum Gasteiger partial charge on any atom is 0.137 e. The number of benzene rings is 1. The lowest BCUT2D eigenvalue weighted by molar-refractivity contribution is 0.453. The van der Waals surface area contributed by atoms with Crippen LogP contribution in [0, 0.1) is 6.92 Å². The highest BCUT2D eigenvalue weighted by Gasteiger charge is 2.06. The molecular formula is C16H21N5. The zero-order valence-corrected chi connectivity index (χ0v) is 12.5. The largest absolute Gasteiger partial charge is 0.361 e. The average molecular weight is 283 g/mol. The number of rotatable bonds is 6. The molecule has 2 heterocycles. The van der Waals surface area contributed by atoms with Gasteiger partial charge in [-0.2, -0.15) is 5.10 Å². The third-order valence-corrected chi connectivity index (χ3v) is 3.82. The molecule has 0 unspecified atom stereocenters. The molecule has 0 amide bonds. The minimum Gasteiger partial charge on any atom is -0.361 e. The van der Waals surface area contributed by atoms with Crippen molar-refractivity contribution in [3.05, 3.63) is 48.2 Å². The Morgan fingerprint density at radius 3 is 3.10 bits per heavy atom. The third kappa shape index (κ3) is 3.13. The van der Waals surface area contributed by atoms with E-state index in [2.05, 4.69) is 58.6 Å². The maximum absolute atomic E-state index is 4.13. The molecule has 5 heteroatoms. The summed E-state index contributed by atoms with van der Waals surface area (Å²) in [7, 11) is 0. The van der Waals surface area contributed by atoms with Crippen molar-refractivity contribution >= 4 is 10.9 Å². The van der Waals surface area contributed by atoms with Crippen molar-refractivity contribution in [3.8, 4) is 0 Å². The molecule has 0 radical (unpaired) electrons. The van der Waals surface area contributed by atoms with Crippen LogP contribution in [-0.4, -0.2) is 32.3 Å². The fraction of sp³-hybridized carbons (Fsp3) is 0.375. The first kappa shape index (κ1) is 13.8. The molecule has 0 saturated heterocycles. The summed E-state index contributed by atoms with van der Waals surface area (Å²) in [5, 5.41) is 9.00. The van der Waals surface area contributed by atoms with Crippen molar-refractivity contribution in [3.63, 3.8) is 0 Å². The highest BCUT2D eigenvalue weighted by Crippen LogP contribution is 2.21. The number of aryl methyl sites for hydroxylation is 1. The molecule has 0 aliphatic rings. The molecule has 5 nitrogen and oxygen atoms in total. The SMILES string of the molecule is Cc1cccc2c(CCN[C@@H](C)Cn3cncn3)c[nH]c12. The minimum absolute atomic E-state index is 0.374. The van der Waals surface area contributed by atoms with Gasteiger partial charge in [0.2, 0.25) is 0 Å². The Bertz CT molecular complexity index is 699. The summed E-state index contributed by atoms with van der Waals surface area (Å²) in [6.07, 6.45) is 6.47. The van der Waals surface area contributed by atoms with E-state index < -0.39 is 0 Å². The van der Waals surface area contributed by atoms with E-state index in [0.717, 1.165) is 19.5 Å². The molecule has 0 aliphatic carbocycles. The minimum atomic E-state index is 0.374. The molecule has 1 atom stereocenters. The van der Waals surface area contributed by atoms with Crippen molar-refractivity contribution in [1.29, 1.82) is 0 Å². The van der Waals surface area contributed by atoms with Crippen LogP contribution in [0.2, 0.25) is 0 Å². The van der Waals surface area contributed by atoms with E-state index in [1.807, 2.05) is 4.68 Å². The lowest BCUT2D eigenvalue weighted by atomic mass is 10.1. The average Bonchev–Trinajstić information content (AvgIpc) is 3.10.